The molecule has 26 heavy (non-hydrogen) atoms. The van der Waals surface area contributed by atoms with E-state index in [4.69, 9.17) is 0 Å². The Labute approximate surface area is 168 Å². The topological polar surface area (TPSA) is 0 Å². The van der Waals surface area contributed by atoms with Crippen molar-refractivity contribution in [3.05, 3.63) is 131 Å². The minimum Gasteiger partial charge on any atom is -0.179 e. The van der Waals surface area contributed by atoms with Crippen molar-refractivity contribution in [1.82, 2.24) is 0 Å². The predicted octanol–water partition coefficient (Wildman–Crippen LogP) is 5.65. The maximum absolute atomic E-state index is 3.51. The van der Waals surface area contributed by atoms with Gasteiger partial charge in [-0.3, -0.25) is 0 Å². The second-order valence-electron chi connectivity index (χ2n) is 6.39. The monoisotopic (exact) mass is 500 g/mol. The Bertz CT molecular complexity index is 949. The minimum absolute atomic E-state index is 0. The Kier molecular flexibility index (Phi) is 4.39. The summed E-state index contributed by atoms with van der Waals surface area (Å²) in [7, 11) is 0. The van der Waals surface area contributed by atoms with Crippen LogP contribution in [0.3, 0.4) is 0 Å². The van der Waals surface area contributed by atoms with Crippen molar-refractivity contribution in [2.24, 2.45) is 0 Å². The van der Waals surface area contributed by atoms with Crippen LogP contribution in [0.5, 0.6) is 0 Å². The maximum Gasteiger partial charge on any atom is 2.00 e. The number of benzene rings is 4. The van der Waals surface area contributed by atoms with Gasteiger partial charge in [-0.2, -0.15) is 60.7 Å². The van der Waals surface area contributed by atoms with Crippen LogP contribution < -0.4 is 0 Å². The molecule has 1 aliphatic rings. The van der Waals surface area contributed by atoms with Gasteiger partial charge in [0, 0.05) is 5.41 Å². The summed E-state index contributed by atoms with van der Waals surface area (Å²) in [6, 6.07) is 41.1. The zero-order valence-electron chi connectivity index (χ0n) is 14.1. The molecule has 122 valence electrons. The summed E-state index contributed by atoms with van der Waals surface area (Å²) >= 11 is 0. The zero-order chi connectivity index (χ0) is 16.7. The molecule has 0 aliphatic heterocycles. The molecular formula is C25H16W. The molecule has 4 aromatic carbocycles. The Morgan fingerprint density at radius 2 is 0.923 bits per heavy atom. The molecule has 0 radical (unpaired) electrons. The first-order chi connectivity index (χ1) is 12.4. The Hall–Kier alpha value is -2.43. The van der Waals surface area contributed by atoms with Gasteiger partial charge in [-0.1, -0.05) is 48.5 Å². The van der Waals surface area contributed by atoms with Crippen LogP contribution in [-0.4, -0.2) is 0 Å². The minimum atomic E-state index is -0.365. The van der Waals surface area contributed by atoms with E-state index in [1.807, 2.05) is 24.3 Å². The molecule has 0 aromatic heterocycles. The van der Waals surface area contributed by atoms with Crippen LogP contribution in [-0.2, 0) is 26.5 Å². The SMILES string of the molecule is [W+2].[c-]1ccccc1C1(c2[c-]cccc2)c2ccccc2-c2ccccc21. The summed E-state index contributed by atoms with van der Waals surface area (Å²) in [6.07, 6.45) is 0. The van der Waals surface area contributed by atoms with Crippen molar-refractivity contribution >= 4 is 0 Å². The van der Waals surface area contributed by atoms with Gasteiger partial charge in [-0.05, 0) is 22.3 Å². The largest absolute Gasteiger partial charge is 2.00 e. The standard InChI is InChI=1S/C25H16.W/c1-3-11-19(12-4-1)25(20-13-5-2-6-14-20)23-17-9-7-15-21(23)22-16-8-10-18-24(22)25;/h1-11,13,15-18H;/q-2;+2. The third-order valence-corrected chi connectivity index (χ3v) is 5.18. The van der Waals surface area contributed by atoms with Gasteiger partial charge >= 0.3 is 21.1 Å². The van der Waals surface area contributed by atoms with Crippen molar-refractivity contribution in [2.45, 2.75) is 5.41 Å². The van der Waals surface area contributed by atoms with E-state index in [0.29, 0.717) is 0 Å². The van der Waals surface area contributed by atoms with Crippen LogP contribution >= 0.6 is 0 Å². The summed E-state index contributed by atoms with van der Waals surface area (Å²) in [5.41, 5.74) is 7.17. The fourth-order valence-corrected chi connectivity index (χ4v) is 4.21. The second-order valence-corrected chi connectivity index (χ2v) is 6.39. The fourth-order valence-electron chi connectivity index (χ4n) is 4.21. The molecule has 0 fully saturated rings. The molecule has 5 rings (SSSR count). The Morgan fingerprint density at radius 3 is 1.35 bits per heavy atom. The molecular weight excluding hydrogens is 484 g/mol. The molecule has 0 unspecified atom stereocenters. The van der Waals surface area contributed by atoms with Crippen LogP contribution in [0.15, 0.2) is 97.1 Å². The molecule has 1 heteroatoms. The summed E-state index contributed by atoms with van der Waals surface area (Å²) in [5.74, 6) is 0. The Balaban J connectivity index is 0.00000168. The van der Waals surface area contributed by atoms with E-state index in [9.17, 15) is 0 Å². The first-order valence-corrected chi connectivity index (χ1v) is 8.56. The van der Waals surface area contributed by atoms with Crippen LogP contribution in [0.1, 0.15) is 22.3 Å². The van der Waals surface area contributed by atoms with Crippen LogP contribution in [0.25, 0.3) is 11.1 Å². The molecule has 0 spiro atoms. The molecule has 0 saturated heterocycles. The van der Waals surface area contributed by atoms with E-state index in [-0.39, 0.29) is 26.5 Å². The maximum atomic E-state index is 3.51. The first kappa shape index (κ1) is 17.0. The predicted molar refractivity (Wildman–Crippen MR) is 101 cm³/mol. The van der Waals surface area contributed by atoms with E-state index in [0.717, 1.165) is 11.1 Å². The average Bonchev–Trinajstić information content (AvgIpc) is 3.01. The molecule has 0 heterocycles. The molecule has 4 aromatic rings. The van der Waals surface area contributed by atoms with E-state index in [1.54, 1.807) is 0 Å². The van der Waals surface area contributed by atoms with E-state index in [1.165, 1.54) is 22.3 Å². The van der Waals surface area contributed by atoms with Crippen molar-refractivity contribution < 1.29 is 21.1 Å². The van der Waals surface area contributed by atoms with Crippen LogP contribution in [0, 0.1) is 12.1 Å². The van der Waals surface area contributed by atoms with E-state index in [2.05, 4.69) is 84.9 Å². The third kappa shape index (κ3) is 2.26. The van der Waals surface area contributed by atoms with Crippen molar-refractivity contribution in [3.8, 4) is 11.1 Å². The fraction of sp³-hybridized carbons (Fsp3) is 0.0400. The summed E-state index contributed by atoms with van der Waals surface area (Å²) in [5, 5.41) is 0. The summed E-state index contributed by atoms with van der Waals surface area (Å²) in [6.45, 7) is 0. The molecule has 1 aliphatic carbocycles. The third-order valence-electron chi connectivity index (χ3n) is 5.18. The van der Waals surface area contributed by atoms with Gasteiger partial charge in [0.2, 0.25) is 0 Å². The van der Waals surface area contributed by atoms with Gasteiger partial charge in [0.15, 0.2) is 0 Å². The molecule has 0 saturated carbocycles. The van der Waals surface area contributed by atoms with Crippen LogP contribution in [0.2, 0.25) is 0 Å². The molecule has 0 bridgehead atoms. The van der Waals surface area contributed by atoms with Gasteiger partial charge < -0.3 is 0 Å². The second kappa shape index (κ2) is 6.71. The van der Waals surface area contributed by atoms with E-state index >= 15 is 0 Å². The summed E-state index contributed by atoms with van der Waals surface area (Å²) < 4.78 is 0. The number of rotatable bonds is 2. The van der Waals surface area contributed by atoms with Crippen molar-refractivity contribution in [2.75, 3.05) is 0 Å². The normalized spacial score (nSPS) is 13.4. The quantitative estimate of drug-likeness (QED) is 0.275. The Morgan fingerprint density at radius 1 is 0.500 bits per heavy atom. The van der Waals surface area contributed by atoms with Gasteiger partial charge in [0.25, 0.3) is 0 Å². The van der Waals surface area contributed by atoms with E-state index < -0.39 is 0 Å². The van der Waals surface area contributed by atoms with Gasteiger partial charge in [-0.25, -0.2) is 0 Å². The molecule has 0 nitrogen and oxygen atoms in total. The van der Waals surface area contributed by atoms with Gasteiger partial charge in [0.1, 0.15) is 0 Å². The summed E-state index contributed by atoms with van der Waals surface area (Å²) in [4.78, 5) is 0. The molecule has 0 N–H and O–H groups in total. The van der Waals surface area contributed by atoms with Gasteiger partial charge in [-0.15, -0.1) is 11.1 Å². The van der Waals surface area contributed by atoms with Crippen LogP contribution in [0.4, 0.5) is 0 Å². The van der Waals surface area contributed by atoms with Crippen molar-refractivity contribution in [1.29, 1.82) is 0 Å². The smallest absolute Gasteiger partial charge is 0.179 e. The first-order valence-electron chi connectivity index (χ1n) is 8.56. The van der Waals surface area contributed by atoms with Gasteiger partial charge in [0.05, 0.1) is 0 Å². The number of hydrogen-bond donors (Lipinski definition) is 0. The average molecular weight is 500 g/mol. The molecule has 0 atom stereocenters. The number of fused-ring (bicyclic) bond motifs is 3. The zero-order valence-corrected chi connectivity index (χ0v) is 17.1. The van der Waals surface area contributed by atoms with Crippen molar-refractivity contribution in [3.63, 3.8) is 0 Å². The number of hydrogen-bond acceptors (Lipinski definition) is 0. The molecule has 0 amide bonds.